The Bertz CT molecular complexity index is 1270. The number of fused-ring (bicyclic) bond motifs is 1. The van der Waals surface area contributed by atoms with E-state index in [2.05, 4.69) is 10.4 Å². The van der Waals surface area contributed by atoms with Crippen molar-refractivity contribution in [1.29, 1.82) is 0 Å². The lowest BCUT2D eigenvalue weighted by Crippen LogP contribution is -2.26. The van der Waals surface area contributed by atoms with Crippen molar-refractivity contribution >= 4 is 22.4 Å². The number of carbonyl (C=O) groups is 1. The maximum atomic E-state index is 13.1. The summed E-state index contributed by atoms with van der Waals surface area (Å²) >= 11 is 0. The van der Waals surface area contributed by atoms with E-state index in [0.717, 1.165) is 0 Å². The number of ether oxygens (including phenoxy) is 1. The molecule has 0 fully saturated rings. The van der Waals surface area contributed by atoms with Crippen LogP contribution in [0.25, 0.3) is 16.5 Å². The van der Waals surface area contributed by atoms with Crippen LogP contribution >= 0.6 is 0 Å². The summed E-state index contributed by atoms with van der Waals surface area (Å²) in [6.07, 6.45) is 0. The van der Waals surface area contributed by atoms with Crippen LogP contribution in [-0.4, -0.2) is 22.3 Å². The van der Waals surface area contributed by atoms with Crippen molar-refractivity contribution in [3.05, 3.63) is 94.7 Å². The number of rotatable bonds is 5. The number of nitrogens with one attached hydrogen (secondary N) is 1. The van der Waals surface area contributed by atoms with Gasteiger partial charge in [0.15, 0.2) is 5.69 Å². The van der Waals surface area contributed by atoms with E-state index in [4.69, 9.17) is 4.74 Å². The van der Waals surface area contributed by atoms with Gasteiger partial charge in [0, 0.05) is 11.1 Å². The van der Waals surface area contributed by atoms with Gasteiger partial charge in [0.1, 0.15) is 11.6 Å². The quantitative estimate of drug-likeness (QED) is 0.543. The third-order valence-corrected chi connectivity index (χ3v) is 4.51. The van der Waals surface area contributed by atoms with Crippen molar-refractivity contribution in [3.8, 4) is 11.4 Å². The first-order valence-corrected chi connectivity index (χ1v) is 9.39. The van der Waals surface area contributed by atoms with Crippen molar-refractivity contribution in [2.75, 3.05) is 11.9 Å². The largest absolute Gasteiger partial charge is 0.494 e. The van der Waals surface area contributed by atoms with Gasteiger partial charge in [0.2, 0.25) is 0 Å². The standard InChI is InChI=1S/C23H18FN3O3/c1-2-30-18-13-11-17(12-14-18)27-23(29)20-6-4-3-5-19(20)21(26-27)22(28)25-16-9-7-15(24)8-10-16/h3-14H,2H2,1H3,(H,25,28). The van der Waals surface area contributed by atoms with Crippen LogP contribution < -0.4 is 15.6 Å². The Balaban J connectivity index is 1.81. The SMILES string of the molecule is CCOc1ccc(-n2nc(C(=O)Nc3ccc(F)cc3)c3ccccc3c2=O)cc1. The number of hydrogen-bond acceptors (Lipinski definition) is 4. The highest BCUT2D eigenvalue weighted by molar-refractivity contribution is 6.11. The van der Waals surface area contributed by atoms with Crippen molar-refractivity contribution < 1.29 is 13.9 Å². The van der Waals surface area contributed by atoms with Crippen molar-refractivity contribution in [1.82, 2.24) is 9.78 Å². The molecule has 3 aromatic carbocycles. The van der Waals surface area contributed by atoms with Gasteiger partial charge in [-0.3, -0.25) is 9.59 Å². The molecule has 0 aliphatic rings. The van der Waals surface area contributed by atoms with Crippen LogP contribution in [0.4, 0.5) is 10.1 Å². The molecule has 0 bridgehead atoms. The molecule has 4 rings (SSSR count). The average Bonchev–Trinajstić information content (AvgIpc) is 2.77. The zero-order valence-corrected chi connectivity index (χ0v) is 16.1. The molecule has 1 N–H and O–H groups in total. The number of amides is 1. The molecule has 150 valence electrons. The van der Waals surface area contributed by atoms with Gasteiger partial charge in [-0.05, 0) is 61.5 Å². The minimum atomic E-state index is -0.502. The molecule has 0 aliphatic carbocycles. The Kier molecular flexibility index (Phi) is 5.26. The van der Waals surface area contributed by atoms with Crippen LogP contribution in [0, 0.1) is 5.82 Å². The van der Waals surface area contributed by atoms with E-state index in [1.807, 2.05) is 6.92 Å². The fourth-order valence-corrected chi connectivity index (χ4v) is 3.11. The smallest absolute Gasteiger partial charge is 0.279 e. The zero-order valence-electron chi connectivity index (χ0n) is 16.1. The Hall–Kier alpha value is -4.00. The van der Waals surface area contributed by atoms with Gasteiger partial charge in [-0.25, -0.2) is 4.39 Å². The third-order valence-electron chi connectivity index (χ3n) is 4.51. The summed E-state index contributed by atoms with van der Waals surface area (Å²) in [5.74, 6) is -0.234. The number of carbonyl (C=O) groups excluding carboxylic acids is 1. The summed E-state index contributed by atoms with van der Waals surface area (Å²) in [5, 5.41) is 7.84. The molecule has 1 heterocycles. The van der Waals surface area contributed by atoms with Crippen LogP contribution in [0.2, 0.25) is 0 Å². The van der Waals surface area contributed by atoms with E-state index in [1.54, 1.807) is 48.5 Å². The van der Waals surface area contributed by atoms with Crippen LogP contribution in [0.3, 0.4) is 0 Å². The first-order chi connectivity index (χ1) is 14.6. The summed E-state index contributed by atoms with van der Waals surface area (Å²) in [5.41, 5.74) is 0.674. The van der Waals surface area contributed by atoms with E-state index < -0.39 is 11.7 Å². The number of aromatic nitrogens is 2. The monoisotopic (exact) mass is 403 g/mol. The van der Waals surface area contributed by atoms with Crippen molar-refractivity contribution in [2.24, 2.45) is 0 Å². The minimum Gasteiger partial charge on any atom is -0.494 e. The fraction of sp³-hybridized carbons (Fsp3) is 0.0870. The first-order valence-electron chi connectivity index (χ1n) is 9.39. The number of anilines is 1. The fourth-order valence-electron chi connectivity index (χ4n) is 3.11. The van der Waals surface area contributed by atoms with Crippen LogP contribution in [0.15, 0.2) is 77.6 Å². The minimum absolute atomic E-state index is 0.0865. The molecule has 0 aliphatic heterocycles. The molecule has 30 heavy (non-hydrogen) atoms. The molecule has 0 saturated heterocycles. The molecule has 1 amide bonds. The Morgan fingerprint density at radius 1 is 1.00 bits per heavy atom. The van der Waals surface area contributed by atoms with E-state index in [9.17, 15) is 14.0 Å². The molecule has 4 aromatic rings. The Morgan fingerprint density at radius 2 is 1.67 bits per heavy atom. The molecule has 0 radical (unpaired) electrons. The van der Waals surface area contributed by atoms with Gasteiger partial charge >= 0.3 is 0 Å². The molecule has 7 heteroatoms. The van der Waals surface area contributed by atoms with Crippen LogP contribution in [0.5, 0.6) is 5.75 Å². The second kappa shape index (κ2) is 8.16. The van der Waals surface area contributed by atoms with Gasteiger partial charge in [-0.2, -0.15) is 9.78 Å². The number of hydrogen-bond donors (Lipinski definition) is 1. The summed E-state index contributed by atoms with van der Waals surface area (Å²) in [6.45, 7) is 2.41. The topological polar surface area (TPSA) is 73.2 Å². The molecule has 1 aromatic heterocycles. The number of halogens is 1. The Labute approximate surface area is 171 Å². The highest BCUT2D eigenvalue weighted by Gasteiger charge is 2.17. The summed E-state index contributed by atoms with van der Waals surface area (Å²) in [4.78, 5) is 26.0. The van der Waals surface area contributed by atoms with Gasteiger partial charge in [0.25, 0.3) is 11.5 Å². The highest BCUT2D eigenvalue weighted by Crippen LogP contribution is 2.19. The molecule has 0 saturated carbocycles. The number of benzene rings is 3. The molecule has 6 nitrogen and oxygen atoms in total. The predicted octanol–water partition coefficient (Wildman–Crippen LogP) is 4.18. The zero-order chi connectivity index (χ0) is 21.1. The first kappa shape index (κ1) is 19.3. The maximum Gasteiger partial charge on any atom is 0.279 e. The third kappa shape index (κ3) is 3.77. The lowest BCUT2D eigenvalue weighted by atomic mass is 10.1. The van der Waals surface area contributed by atoms with Crippen LogP contribution in [0.1, 0.15) is 17.4 Å². The van der Waals surface area contributed by atoms with Crippen molar-refractivity contribution in [2.45, 2.75) is 6.92 Å². The normalized spacial score (nSPS) is 10.7. The summed E-state index contributed by atoms with van der Waals surface area (Å²) < 4.78 is 19.8. The Morgan fingerprint density at radius 3 is 2.33 bits per heavy atom. The average molecular weight is 403 g/mol. The van der Waals surface area contributed by atoms with E-state index in [1.165, 1.54) is 28.9 Å². The number of nitrogens with zero attached hydrogens (tertiary/aromatic N) is 2. The van der Waals surface area contributed by atoms with E-state index in [0.29, 0.717) is 34.5 Å². The van der Waals surface area contributed by atoms with Gasteiger partial charge in [-0.1, -0.05) is 18.2 Å². The molecule has 0 unspecified atom stereocenters. The second-order valence-corrected chi connectivity index (χ2v) is 6.50. The summed E-state index contributed by atoms with van der Waals surface area (Å²) in [7, 11) is 0. The molecular formula is C23H18FN3O3. The molecular weight excluding hydrogens is 385 g/mol. The highest BCUT2D eigenvalue weighted by atomic mass is 19.1. The second-order valence-electron chi connectivity index (χ2n) is 6.50. The van der Waals surface area contributed by atoms with Gasteiger partial charge in [-0.15, -0.1) is 0 Å². The maximum absolute atomic E-state index is 13.1. The van der Waals surface area contributed by atoms with E-state index in [-0.39, 0.29) is 11.3 Å². The lowest BCUT2D eigenvalue weighted by molar-refractivity contribution is 0.102. The van der Waals surface area contributed by atoms with Gasteiger partial charge < -0.3 is 10.1 Å². The van der Waals surface area contributed by atoms with E-state index >= 15 is 0 Å². The van der Waals surface area contributed by atoms with Gasteiger partial charge in [0.05, 0.1) is 17.7 Å². The predicted molar refractivity (Wildman–Crippen MR) is 113 cm³/mol. The molecule has 0 atom stereocenters. The molecule has 0 spiro atoms. The summed E-state index contributed by atoms with van der Waals surface area (Å²) in [6, 6.07) is 19.1. The van der Waals surface area contributed by atoms with Crippen molar-refractivity contribution in [3.63, 3.8) is 0 Å². The van der Waals surface area contributed by atoms with Crippen LogP contribution in [-0.2, 0) is 0 Å². The lowest BCUT2D eigenvalue weighted by Gasteiger charge is -2.12.